The van der Waals surface area contributed by atoms with Crippen LogP contribution in [0.25, 0.3) is 0 Å². The Hall–Kier alpha value is -3.10. The van der Waals surface area contributed by atoms with Gasteiger partial charge in [0.25, 0.3) is 5.91 Å². The van der Waals surface area contributed by atoms with Crippen LogP contribution >= 0.6 is 0 Å². The van der Waals surface area contributed by atoms with Gasteiger partial charge in [0, 0.05) is 38.4 Å². The molecule has 0 saturated carbocycles. The van der Waals surface area contributed by atoms with Gasteiger partial charge >= 0.3 is 0 Å². The summed E-state index contributed by atoms with van der Waals surface area (Å²) in [6, 6.07) is 4.53. The lowest BCUT2D eigenvalue weighted by Crippen LogP contribution is -2.48. The molecule has 1 aromatic carbocycles. The first-order valence-corrected chi connectivity index (χ1v) is 7.60. The summed E-state index contributed by atoms with van der Waals surface area (Å²) in [5, 5.41) is 2.62. The van der Waals surface area contributed by atoms with Gasteiger partial charge in [0.1, 0.15) is 17.3 Å². The molecule has 25 heavy (non-hydrogen) atoms. The number of hydrogen-bond donors (Lipinski definition) is 1. The maximum absolute atomic E-state index is 13.7. The molecule has 3 rings (SSSR count). The van der Waals surface area contributed by atoms with Crippen molar-refractivity contribution in [1.29, 1.82) is 0 Å². The molecule has 1 aliphatic heterocycles. The fourth-order valence-electron chi connectivity index (χ4n) is 2.44. The van der Waals surface area contributed by atoms with Crippen LogP contribution in [0.5, 0.6) is 0 Å². The summed E-state index contributed by atoms with van der Waals surface area (Å²) >= 11 is 0. The molecule has 1 fully saturated rings. The molecule has 0 atom stereocenters. The first kappa shape index (κ1) is 16.7. The van der Waals surface area contributed by atoms with Crippen LogP contribution in [0.4, 0.5) is 20.4 Å². The van der Waals surface area contributed by atoms with Crippen LogP contribution in [-0.2, 0) is 4.79 Å². The largest absolute Gasteiger partial charge is 0.342 e. The van der Waals surface area contributed by atoms with Crippen LogP contribution in [0.15, 0.2) is 30.5 Å². The maximum Gasteiger partial charge on any atom is 0.272 e. The van der Waals surface area contributed by atoms with Gasteiger partial charge in [0.2, 0.25) is 12.4 Å². The Kier molecular flexibility index (Phi) is 4.82. The minimum Gasteiger partial charge on any atom is -0.342 e. The second-order valence-corrected chi connectivity index (χ2v) is 5.45. The normalized spacial score (nSPS) is 14.3. The maximum atomic E-state index is 13.7. The fraction of sp³-hybridized carbons (Fsp3) is 0.250. The predicted molar refractivity (Wildman–Crippen MR) is 85.2 cm³/mol. The van der Waals surface area contributed by atoms with E-state index >= 15 is 0 Å². The standard InChI is InChI=1S/C16H15F2N5O2/c17-11-1-2-13(12(18)9-11)20-16-19-4-3-14(21-16)15(25)23-7-5-22(10-24)6-8-23/h1-4,9-10H,5-8H2,(H,19,20,21). The van der Waals surface area contributed by atoms with Gasteiger partial charge in [-0.15, -0.1) is 0 Å². The highest BCUT2D eigenvalue weighted by Crippen LogP contribution is 2.18. The summed E-state index contributed by atoms with van der Waals surface area (Å²) in [4.78, 5) is 34.4. The lowest BCUT2D eigenvalue weighted by Gasteiger charge is -2.32. The second kappa shape index (κ2) is 7.20. The van der Waals surface area contributed by atoms with Crippen molar-refractivity contribution in [3.05, 3.63) is 47.8 Å². The SMILES string of the molecule is O=CN1CCN(C(=O)c2ccnc(Nc3ccc(F)cc3F)n2)CC1. The fourth-order valence-corrected chi connectivity index (χ4v) is 2.44. The average molecular weight is 347 g/mol. The van der Waals surface area contributed by atoms with Crippen LogP contribution in [-0.4, -0.2) is 58.3 Å². The van der Waals surface area contributed by atoms with E-state index in [1.54, 1.807) is 9.80 Å². The topological polar surface area (TPSA) is 78.4 Å². The van der Waals surface area contributed by atoms with Gasteiger partial charge in [-0.05, 0) is 18.2 Å². The molecule has 130 valence electrons. The zero-order valence-electron chi connectivity index (χ0n) is 13.2. The Morgan fingerprint density at radius 2 is 1.92 bits per heavy atom. The lowest BCUT2D eigenvalue weighted by atomic mass is 10.3. The van der Waals surface area contributed by atoms with Crippen LogP contribution in [0.3, 0.4) is 0 Å². The van der Waals surface area contributed by atoms with E-state index in [1.165, 1.54) is 18.3 Å². The number of carbonyl (C=O) groups is 2. The Morgan fingerprint density at radius 3 is 2.60 bits per heavy atom. The summed E-state index contributed by atoms with van der Waals surface area (Å²) in [6.07, 6.45) is 2.14. The van der Waals surface area contributed by atoms with Crippen LogP contribution < -0.4 is 5.32 Å². The van der Waals surface area contributed by atoms with Gasteiger partial charge in [-0.2, -0.15) is 0 Å². The second-order valence-electron chi connectivity index (χ2n) is 5.45. The molecule has 1 saturated heterocycles. The third kappa shape index (κ3) is 3.87. The lowest BCUT2D eigenvalue weighted by molar-refractivity contribution is -0.119. The van der Waals surface area contributed by atoms with E-state index in [2.05, 4.69) is 15.3 Å². The van der Waals surface area contributed by atoms with Crippen molar-refractivity contribution >= 4 is 24.0 Å². The number of rotatable bonds is 4. The van der Waals surface area contributed by atoms with Crippen molar-refractivity contribution < 1.29 is 18.4 Å². The molecule has 1 aliphatic rings. The number of benzene rings is 1. The Bertz CT molecular complexity index is 794. The van der Waals surface area contributed by atoms with Crippen molar-refractivity contribution in [2.75, 3.05) is 31.5 Å². The third-order valence-corrected chi connectivity index (χ3v) is 3.80. The summed E-state index contributed by atoms with van der Waals surface area (Å²) in [5.74, 6) is -1.74. The molecule has 0 bridgehead atoms. The van der Waals surface area contributed by atoms with E-state index in [0.29, 0.717) is 26.2 Å². The molecule has 2 aromatic rings. The quantitative estimate of drug-likeness (QED) is 0.846. The number of carbonyl (C=O) groups excluding carboxylic acids is 2. The van der Waals surface area contributed by atoms with Crippen molar-refractivity contribution in [3.63, 3.8) is 0 Å². The molecule has 0 aliphatic carbocycles. The predicted octanol–water partition coefficient (Wildman–Crippen LogP) is 1.41. The number of hydrogen-bond acceptors (Lipinski definition) is 5. The van der Waals surface area contributed by atoms with Crippen LogP contribution in [0.1, 0.15) is 10.5 Å². The minimum absolute atomic E-state index is 0.00518. The number of aromatic nitrogens is 2. The number of amides is 2. The monoisotopic (exact) mass is 347 g/mol. The van der Waals surface area contributed by atoms with Gasteiger partial charge in [0.05, 0.1) is 5.69 Å². The van der Waals surface area contributed by atoms with Crippen molar-refractivity contribution in [2.24, 2.45) is 0 Å². The van der Waals surface area contributed by atoms with Gasteiger partial charge in [0.15, 0.2) is 0 Å². The van der Waals surface area contributed by atoms with Gasteiger partial charge < -0.3 is 15.1 Å². The van der Waals surface area contributed by atoms with E-state index in [4.69, 9.17) is 0 Å². The number of nitrogens with zero attached hydrogens (tertiary/aromatic N) is 4. The van der Waals surface area contributed by atoms with E-state index in [-0.39, 0.29) is 23.2 Å². The zero-order valence-corrected chi connectivity index (χ0v) is 13.2. The highest BCUT2D eigenvalue weighted by Gasteiger charge is 2.22. The minimum atomic E-state index is -0.787. The molecule has 2 amide bonds. The number of piperazine rings is 1. The van der Waals surface area contributed by atoms with Crippen LogP contribution in [0, 0.1) is 11.6 Å². The molecule has 2 heterocycles. The molecule has 0 unspecified atom stereocenters. The smallest absolute Gasteiger partial charge is 0.272 e. The molecule has 1 N–H and O–H groups in total. The van der Waals surface area contributed by atoms with E-state index in [9.17, 15) is 18.4 Å². The van der Waals surface area contributed by atoms with E-state index in [1.807, 2.05) is 0 Å². The summed E-state index contributed by atoms with van der Waals surface area (Å²) in [5.41, 5.74) is 0.158. The Morgan fingerprint density at radius 1 is 1.16 bits per heavy atom. The van der Waals surface area contributed by atoms with Crippen molar-refractivity contribution in [2.45, 2.75) is 0 Å². The Labute approximate surface area is 142 Å². The molecular weight excluding hydrogens is 332 g/mol. The summed E-state index contributed by atoms with van der Waals surface area (Å²) in [6.45, 7) is 1.76. The first-order valence-electron chi connectivity index (χ1n) is 7.60. The number of nitrogens with one attached hydrogen (secondary N) is 1. The highest BCUT2D eigenvalue weighted by atomic mass is 19.1. The van der Waals surface area contributed by atoms with Crippen molar-refractivity contribution in [3.8, 4) is 0 Å². The van der Waals surface area contributed by atoms with Gasteiger partial charge in [-0.1, -0.05) is 0 Å². The average Bonchev–Trinajstić information content (AvgIpc) is 2.64. The van der Waals surface area contributed by atoms with Gasteiger partial charge in [-0.3, -0.25) is 9.59 Å². The zero-order chi connectivity index (χ0) is 17.8. The molecule has 1 aromatic heterocycles. The molecule has 0 radical (unpaired) electrons. The highest BCUT2D eigenvalue weighted by molar-refractivity contribution is 5.92. The molecule has 0 spiro atoms. The number of anilines is 2. The summed E-state index contributed by atoms with van der Waals surface area (Å²) in [7, 11) is 0. The summed E-state index contributed by atoms with van der Waals surface area (Å²) < 4.78 is 26.6. The van der Waals surface area contributed by atoms with E-state index < -0.39 is 11.6 Å². The van der Waals surface area contributed by atoms with Crippen LogP contribution in [0.2, 0.25) is 0 Å². The number of halogens is 2. The first-order chi connectivity index (χ1) is 12.1. The molecule has 9 heteroatoms. The van der Waals surface area contributed by atoms with E-state index in [0.717, 1.165) is 18.5 Å². The molecular formula is C16H15F2N5O2. The molecule has 7 nitrogen and oxygen atoms in total. The third-order valence-electron chi connectivity index (χ3n) is 3.80. The van der Waals surface area contributed by atoms with Gasteiger partial charge in [-0.25, -0.2) is 18.7 Å². The Balaban J connectivity index is 1.73. The van der Waals surface area contributed by atoms with Crippen molar-refractivity contribution in [1.82, 2.24) is 19.8 Å².